The summed E-state index contributed by atoms with van der Waals surface area (Å²) in [5.41, 5.74) is 0. The Hall–Kier alpha value is -1.12. The summed E-state index contributed by atoms with van der Waals surface area (Å²) < 4.78 is 0. The van der Waals surface area contributed by atoms with Gasteiger partial charge in [0, 0.05) is 13.2 Å². The molecule has 0 heterocycles. The van der Waals surface area contributed by atoms with Crippen molar-refractivity contribution in [3.05, 3.63) is 0 Å². The lowest BCUT2D eigenvalue weighted by atomic mass is 10.1. The molecular weight excluding hydrogens is 206 g/mol. The summed E-state index contributed by atoms with van der Waals surface area (Å²) in [7, 11) is 0. The number of hydrogen-bond acceptors (Lipinski definition) is 4. The van der Waals surface area contributed by atoms with Crippen LogP contribution >= 0.6 is 0 Å². The molecule has 0 aliphatic heterocycles. The van der Waals surface area contributed by atoms with Gasteiger partial charge in [0.2, 0.25) is 5.91 Å². The normalized spacial score (nSPS) is 11.8. The largest absolute Gasteiger partial charge is 0.396 e. The van der Waals surface area contributed by atoms with E-state index in [0.717, 1.165) is 19.4 Å². The highest BCUT2D eigenvalue weighted by Gasteiger charge is 2.01. The highest BCUT2D eigenvalue weighted by atomic mass is 16.3. The van der Waals surface area contributed by atoms with E-state index in [1.165, 1.54) is 0 Å². The van der Waals surface area contributed by atoms with Crippen LogP contribution in [0.4, 0.5) is 0 Å². The molecule has 0 saturated carbocycles. The van der Waals surface area contributed by atoms with Gasteiger partial charge in [0.05, 0.1) is 19.0 Å². The Bertz CT molecular complexity index is 226. The van der Waals surface area contributed by atoms with Gasteiger partial charge in [-0.15, -0.1) is 0 Å². The molecule has 0 saturated heterocycles. The lowest BCUT2D eigenvalue weighted by molar-refractivity contribution is -0.120. The fraction of sp³-hybridized carbons (Fsp3) is 0.818. The summed E-state index contributed by atoms with van der Waals surface area (Å²) in [6, 6.07) is 1.96. The second-order valence-electron chi connectivity index (χ2n) is 3.86. The first-order valence-electron chi connectivity index (χ1n) is 5.66. The molecule has 92 valence electrons. The summed E-state index contributed by atoms with van der Waals surface area (Å²) >= 11 is 0. The summed E-state index contributed by atoms with van der Waals surface area (Å²) in [5, 5.41) is 22.7. The molecule has 0 bridgehead atoms. The van der Waals surface area contributed by atoms with Crippen molar-refractivity contribution in [2.45, 2.75) is 26.2 Å². The van der Waals surface area contributed by atoms with E-state index in [2.05, 4.69) is 10.6 Å². The Balaban J connectivity index is 3.25. The fourth-order valence-corrected chi connectivity index (χ4v) is 1.19. The van der Waals surface area contributed by atoms with Gasteiger partial charge in [-0.05, 0) is 25.3 Å². The number of nitriles is 1. The molecule has 16 heavy (non-hydrogen) atoms. The van der Waals surface area contributed by atoms with Crippen LogP contribution in [0.3, 0.4) is 0 Å². The van der Waals surface area contributed by atoms with E-state index in [-0.39, 0.29) is 12.5 Å². The first kappa shape index (κ1) is 14.9. The van der Waals surface area contributed by atoms with Crippen molar-refractivity contribution < 1.29 is 9.90 Å². The van der Waals surface area contributed by atoms with E-state index in [0.29, 0.717) is 25.4 Å². The molecule has 1 amide bonds. The predicted octanol–water partition coefficient (Wildman–Crippen LogP) is 0.0145. The number of carbonyl (C=O) groups excluding carboxylic acids is 1. The van der Waals surface area contributed by atoms with Gasteiger partial charge in [-0.1, -0.05) is 6.92 Å². The van der Waals surface area contributed by atoms with Gasteiger partial charge in [-0.25, -0.2) is 0 Å². The average molecular weight is 227 g/mol. The van der Waals surface area contributed by atoms with Gasteiger partial charge >= 0.3 is 0 Å². The minimum absolute atomic E-state index is 0.0783. The lowest BCUT2D eigenvalue weighted by Crippen LogP contribution is -2.34. The second-order valence-corrected chi connectivity index (χ2v) is 3.86. The van der Waals surface area contributed by atoms with E-state index in [4.69, 9.17) is 10.4 Å². The number of rotatable bonds is 9. The van der Waals surface area contributed by atoms with Gasteiger partial charge in [0.15, 0.2) is 0 Å². The van der Waals surface area contributed by atoms with E-state index in [1.807, 2.05) is 13.0 Å². The molecule has 3 N–H and O–H groups in total. The summed E-state index contributed by atoms with van der Waals surface area (Å²) in [5.74, 6) is 0.247. The molecule has 0 radical (unpaired) electrons. The molecule has 0 spiro atoms. The molecule has 0 aliphatic carbocycles. The number of nitrogens with one attached hydrogen (secondary N) is 2. The van der Waals surface area contributed by atoms with Crippen molar-refractivity contribution in [2.75, 3.05) is 26.2 Å². The Kier molecular flexibility index (Phi) is 9.67. The zero-order valence-electron chi connectivity index (χ0n) is 9.83. The molecular formula is C11H21N3O2. The van der Waals surface area contributed by atoms with Crippen LogP contribution in [0.15, 0.2) is 0 Å². The zero-order chi connectivity index (χ0) is 12.2. The minimum atomic E-state index is -0.0783. The number of aliphatic hydroxyl groups is 1. The molecule has 1 atom stereocenters. The van der Waals surface area contributed by atoms with E-state index < -0.39 is 0 Å². The molecule has 0 aromatic carbocycles. The van der Waals surface area contributed by atoms with Crippen molar-refractivity contribution in [1.29, 1.82) is 5.26 Å². The van der Waals surface area contributed by atoms with Crippen molar-refractivity contribution in [3.8, 4) is 6.07 Å². The first-order chi connectivity index (χ1) is 7.70. The number of aliphatic hydroxyl groups excluding tert-OH is 1. The maximum Gasteiger partial charge on any atom is 0.233 e. The third kappa shape index (κ3) is 9.44. The van der Waals surface area contributed by atoms with Crippen LogP contribution in [0.1, 0.15) is 26.2 Å². The highest BCUT2D eigenvalue weighted by molar-refractivity contribution is 5.77. The zero-order valence-corrected chi connectivity index (χ0v) is 9.83. The molecule has 1 unspecified atom stereocenters. The third-order valence-corrected chi connectivity index (χ3v) is 2.21. The molecule has 5 nitrogen and oxygen atoms in total. The SMILES string of the molecule is CC(CO)CCCNCC(=O)NCCC#N. The topological polar surface area (TPSA) is 85.2 Å². The van der Waals surface area contributed by atoms with Crippen LogP contribution in [0.25, 0.3) is 0 Å². The van der Waals surface area contributed by atoms with Gasteiger partial charge < -0.3 is 15.7 Å². The van der Waals surface area contributed by atoms with E-state index in [9.17, 15) is 4.79 Å². The van der Waals surface area contributed by atoms with Crippen LogP contribution in [0, 0.1) is 17.2 Å². The highest BCUT2D eigenvalue weighted by Crippen LogP contribution is 2.02. The van der Waals surface area contributed by atoms with Crippen LogP contribution < -0.4 is 10.6 Å². The van der Waals surface area contributed by atoms with Gasteiger partial charge in [0.25, 0.3) is 0 Å². The maximum atomic E-state index is 11.1. The summed E-state index contributed by atoms with van der Waals surface area (Å²) in [4.78, 5) is 11.1. The quantitative estimate of drug-likeness (QED) is 0.485. The predicted molar refractivity (Wildman–Crippen MR) is 61.6 cm³/mol. The van der Waals surface area contributed by atoms with Crippen molar-refractivity contribution in [3.63, 3.8) is 0 Å². The Labute approximate surface area is 96.8 Å². The average Bonchev–Trinajstić information content (AvgIpc) is 2.28. The number of amides is 1. The smallest absolute Gasteiger partial charge is 0.233 e. The number of carbonyl (C=O) groups is 1. The van der Waals surface area contributed by atoms with Crippen LogP contribution in [-0.2, 0) is 4.79 Å². The maximum absolute atomic E-state index is 11.1. The second kappa shape index (κ2) is 10.4. The van der Waals surface area contributed by atoms with Crippen molar-refractivity contribution in [2.24, 2.45) is 5.92 Å². The molecule has 0 rings (SSSR count). The lowest BCUT2D eigenvalue weighted by Gasteiger charge is -2.08. The molecule has 5 heteroatoms. The van der Waals surface area contributed by atoms with Gasteiger partial charge in [-0.2, -0.15) is 5.26 Å². The number of hydrogen-bond donors (Lipinski definition) is 3. The van der Waals surface area contributed by atoms with Crippen molar-refractivity contribution >= 4 is 5.91 Å². The van der Waals surface area contributed by atoms with Crippen LogP contribution in [0.5, 0.6) is 0 Å². The Morgan fingerprint density at radius 1 is 1.50 bits per heavy atom. The summed E-state index contributed by atoms with van der Waals surface area (Å²) in [6.45, 7) is 3.69. The fourth-order valence-electron chi connectivity index (χ4n) is 1.19. The molecule has 0 aromatic heterocycles. The van der Waals surface area contributed by atoms with Crippen LogP contribution in [0.2, 0.25) is 0 Å². The summed E-state index contributed by atoms with van der Waals surface area (Å²) in [6.07, 6.45) is 2.26. The third-order valence-electron chi connectivity index (χ3n) is 2.21. The van der Waals surface area contributed by atoms with Gasteiger partial charge in [-0.3, -0.25) is 4.79 Å². The van der Waals surface area contributed by atoms with Crippen LogP contribution in [-0.4, -0.2) is 37.3 Å². The van der Waals surface area contributed by atoms with E-state index >= 15 is 0 Å². The molecule has 0 fully saturated rings. The Morgan fingerprint density at radius 2 is 2.25 bits per heavy atom. The van der Waals surface area contributed by atoms with Gasteiger partial charge in [0.1, 0.15) is 0 Å². The molecule has 0 aromatic rings. The number of nitrogens with zero attached hydrogens (tertiary/aromatic N) is 1. The van der Waals surface area contributed by atoms with E-state index in [1.54, 1.807) is 0 Å². The minimum Gasteiger partial charge on any atom is -0.396 e. The first-order valence-corrected chi connectivity index (χ1v) is 5.66. The Morgan fingerprint density at radius 3 is 2.88 bits per heavy atom. The standard InChI is InChI=1S/C11H21N3O2/c1-10(9-15)4-2-6-13-8-11(16)14-7-3-5-12/h10,13,15H,2-4,6-9H2,1H3,(H,14,16). The van der Waals surface area contributed by atoms with Crippen molar-refractivity contribution in [1.82, 2.24) is 10.6 Å². The molecule has 0 aliphatic rings. The monoisotopic (exact) mass is 227 g/mol.